The van der Waals surface area contributed by atoms with Gasteiger partial charge in [-0.05, 0) is 42.3 Å². The molecule has 0 saturated heterocycles. The third-order valence-corrected chi connectivity index (χ3v) is 6.85. The van der Waals surface area contributed by atoms with Gasteiger partial charge in [0.2, 0.25) is 10.0 Å². The molecule has 0 radical (unpaired) electrons. The number of benzene rings is 2. The Morgan fingerprint density at radius 2 is 1.89 bits per heavy atom. The molecule has 4 rings (SSSR count). The molecular formula is C16H15N3O6S2. The van der Waals surface area contributed by atoms with Gasteiger partial charge in [0, 0.05) is 18.3 Å². The minimum atomic E-state index is -3.91. The first kappa shape index (κ1) is 17.6. The van der Waals surface area contributed by atoms with E-state index < -0.39 is 25.8 Å². The van der Waals surface area contributed by atoms with Crippen LogP contribution in [-0.2, 0) is 26.5 Å². The minimum absolute atomic E-state index is 0.0592. The Labute approximate surface area is 154 Å². The standard InChI is InChI=1S/C16H15N3O6S2/c1-26(21,22)19-7-6-10-8-11(2-5-14(10)19)18-27(23,24)12-3-4-13-15(9-12)25-16(20)17-13/h2-5,8-9,18H,6-7H2,1H3,(H,17,20). The average molecular weight is 409 g/mol. The van der Waals surface area contributed by atoms with Crippen LogP contribution < -0.4 is 14.8 Å². The second-order valence-electron chi connectivity index (χ2n) is 6.21. The molecule has 0 saturated carbocycles. The van der Waals surface area contributed by atoms with Crippen LogP contribution in [0.5, 0.6) is 0 Å². The smallest absolute Gasteiger partial charge is 0.408 e. The van der Waals surface area contributed by atoms with Gasteiger partial charge in [0.1, 0.15) is 0 Å². The van der Waals surface area contributed by atoms with Crippen molar-refractivity contribution in [3.63, 3.8) is 0 Å². The number of anilines is 2. The Morgan fingerprint density at radius 3 is 2.63 bits per heavy atom. The fraction of sp³-hybridized carbons (Fsp3) is 0.188. The van der Waals surface area contributed by atoms with Crippen molar-refractivity contribution in [1.29, 1.82) is 0 Å². The molecule has 27 heavy (non-hydrogen) atoms. The number of fused-ring (bicyclic) bond motifs is 2. The zero-order valence-corrected chi connectivity index (χ0v) is 15.7. The van der Waals surface area contributed by atoms with Crippen molar-refractivity contribution in [2.45, 2.75) is 11.3 Å². The summed E-state index contributed by atoms with van der Waals surface area (Å²) >= 11 is 0. The quantitative estimate of drug-likeness (QED) is 0.667. The minimum Gasteiger partial charge on any atom is -0.408 e. The highest BCUT2D eigenvalue weighted by atomic mass is 32.2. The van der Waals surface area contributed by atoms with Crippen LogP contribution in [0.4, 0.5) is 11.4 Å². The van der Waals surface area contributed by atoms with Crippen molar-refractivity contribution in [1.82, 2.24) is 4.98 Å². The number of H-pyrrole nitrogens is 1. The normalized spacial score (nSPS) is 14.5. The summed E-state index contributed by atoms with van der Waals surface area (Å²) in [6.07, 6.45) is 1.63. The highest BCUT2D eigenvalue weighted by molar-refractivity contribution is 7.92. The number of rotatable bonds is 4. The summed E-state index contributed by atoms with van der Waals surface area (Å²) in [4.78, 5) is 13.6. The van der Waals surface area contributed by atoms with E-state index in [4.69, 9.17) is 4.42 Å². The van der Waals surface area contributed by atoms with Crippen LogP contribution in [0, 0.1) is 0 Å². The van der Waals surface area contributed by atoms with Crippen molar-refractivity contribution >= 4 is 42.5 Å². The monoisotopic (exact) mass is 409 g/mol. The van der Waals surface area contributed by atoms with Crippen LogP contribution in [0.25, 0.3) is 11.1 Å². The SMILES string of the molecule is CS(=O)(=O)N1CCc2cc(NS(=O)(=O)c3ccc4[nH]c(=O)oc4c3)ccc21. The molecule has 0 spiro atoms. The largest absolute Gasteiger partial charge is 0.417 e. The number of nitrogens with zero attached hydrogens (tertiary/aromatic N) is 1. The number of oxazole rings is 1. The summed E-state index contributed by atoms with van der Waals surface area (Å²) in [6, 6.07) is 8.77. The van der Waals surface area contributed by atoms with E-state index in [0.717, 1.165) is 11.8 Å². The molecule has 11 heteroatoms. The molecular weight excluding hydrogens is 394 g/mol. The first-order chi connectivity index (χ1) is 12.6. The number of hydrogen-bond donors (Lipinski definition) is 2. The van der Waals surface area contributed by atoms with Gasteiger partial charge in [0.25, 0.3) is 10.0 Å². The lowest BCUT2D eigenvalue weighted by Gasteiger charge is -2.16. The topological polar surface area (TPSA) is 130 Å². The van der Waals surface area contributed by atoms with E-state index in [2.05, 4.69) is 9.71 Å². The lowest BCUT2D eigenvalue weighted by molar-refractivity contribution is 0.554. The highest BCUT2D eigenvalue weighted by Gasteiger charge is 2.26. The van der Waals surface area contributed by atoms with E-state index in [1.54, 1.807) is 12.1 Å². The fourth-order valence-electron chi connectivity index (χ4n) is 3.09. The molecule has 0 bridgehead atoms. The lowest BCUT2D eigenvalue weighted by Crippen LogP contribution is -2.27. The van der Waals surface area contributed by atoms with Crippen LogP contribution in [0.15, 0.2) is 50.5 Å². The zero-order chi connectivity index (χ0) is 19.4. The first-order valence-electron chi connectivity index (χ1n) is 7.90. The van der Waals surface area contributed by atoms with E-state index in [1.165, 1.54) is 28.6 Å². The van der Waals surface area contributed by atoms with Crippen LogP contribution in [0.3, 0.4) is 0 Å². The van der Waals surface area contributed by atoms with Crippen molar-refractivity contribution < 1.29 is 21.3 Å². The molecule has 1 aromatic heterocycles. The van der Waals surface area contributed by atoms with Crippen LogP contribution >= 0.6 is 0 Å². The maximum absolute atomic E-state index is 12.6. The molecule has 9 nitrogen and oxygen atoms in total. The Kier molecular flexibility index (Phi) is 3.82. The van der Waals surface area contributed by atoms with Gasteiger partial charge in [-0.15, -0.1) is 0 Å². The highest BCUT2D eigenvalue weighted by Crippen LogP contribution is 2.32. The number of hydrogen-bond acceptors (Lipinski definition) is 6. The van der Waals surface area contributed by atoms with Gasteiger partial charge in [-0.25, -0.2) is 21.6 Å². The van der Waals surface area contributed by atoms with Gasteiger partial charge in [0.05, 0.1) is 22.4 Å². The molecule has 1 aliphatic heterocycles. The lowest BCUT2D eigenvalue weighted by atomic mass is 10.1. The number of nitrogens with one attached hydrogen (secondary N) is 2. The van der Waals surface area contributed by atoms with Crippen LogP contribution in [0.1, 0.15) is 5.56 Å². The molecule has 1 aliphatic rings. The molecule has 0 unspecified atom stereocenters. The summed E-state index contributed by atoms with van der Waals surface area (Å²) in [6.45, 7) is 0.327. The van der Waals surface area contributed by atoms with Crippen LogP contribution in [0.2, 0.25) is 0 Å². The van der Waals surface area contributed by atoms with Crippen molar-refractivity contribution in [3.8, 4) is 0 Å². The second-order valence-corrected chi connectivity index (χ2v) is 9.80. The molecule has 3 aromatic rings. The predicted octanol–water partition coefficient (Wildman–Crippen LogP) is 1.24. The molecule has 2 heterocycles. The Morgan fingerprint density at radius 1 is 1.11 bits per heavy atom. The molecule has 2 aromatic carbocycles. The van der Waals surface area contributed by atoms with E-state index in [0.29, 0.717) is 29.9 Å². The van der Waals surface area contributed by atoms with Gasteiger partial charge in [-0.3, -0.25) is 14.0 Å². The summed E-state index contributed by atoms with van der Waals surface area (Å²) in [5, 5.41) is 0. The Balaban J connectivity index is 1.66. The maximum atomic E-state index is 12.6. The summed E-state index contributed by atoms with van der Waals surface area (Å²) in [5.74, 6) is -0.665. The Hall–Kier alpha value is -2.79. The van der Waals surface area contributed by atoms with E-state index in [9.17, 15) is 21.6 Å². The second kappa shape index (κ2) is 5.86. The van der Waals surface area contributed by atoms with E-state index >= 15 is 0 Å². The average Bonchev–Trinajstić information content (AvgIpc) is 3.14. The van der Waals surface area contributed by atoms with Gasteiger partial charge in [0.15, 0.2) is 5.58 Å². The van der Waals surface area contributed by atoms with Gasteiger partial charge in [-0.2, -0.15) is 0 Å². The van der Waals surface area contributed by atoms with Crippen molar-refractivity contribution in [2.24, 2.45) is 0 Å². The summed E-state index contributed by atoms with van der Waals surface area (Å²) < 4.78 is 57.5. The summed E-state index contributed by atoms with van der Waals surface area (Å²) in [7, 11) is -7.28. The van der Waals surface area contributed by atoms with E-state index in [-0.39, 0.29) is 10.5 Å². The third-order valence-electron chi connectivity index (χ3n) is 4.29. The molecule has 0 aliphatic carbocycles. The summed E-state index contributed by atoms with van der Waals surface area (Å²) in [5.41, 5.74) is 2.15. The zero-order valence-electron chi connectivity index (χ0n) is 14.1. The maximum Gasteiger partial charge on any atom is 0.417 e. The fourth-order valence-corrected chi connectivity index (χ4v) is 5.11. The number of sulfonamides is 2. The van der Waals surface area contributed by atoms with E-state index in [1.807, 2.05) is 0 Å². The molecule has 0 atom stereocenters. The van der Waals surface area contributed by atoms with Gasteiger partial charge in [-0.1, -0.05) is 0 Å². The molecule has 142 valence electrons. The van der Waals surface area contributed by atoms with Crippen molar-refractivity contribution in [3.05, 3.63) is 52.5 Å². The van der Waals surface area contributed by atoms with Gasteiger partial charge < -0.3 is 4.42 Å². The molecule has 2 N–H and O–H groups in total. The van der Waals surface area contributed by atoms with Crippen LogP contribution in [-0.4, -0.2) is 34.6 Å². The predicted molar refractivity (Wildman–Crippen MR) is 100.0 cm³/mol. The Bertz CT molecular complexity index is 1320. The third kappa shape index (κ3) is 3.19. The number of aromatic nitrogens is 1. The number of aromatic amines is 1. The van der Waals surface area contributed by atoms with Gasteiger partial charge >= 0.3 is 5.76 Å². The van der Waals surface area contributed by atoms with Crippen molar-refractivity contribution in [2.75, 3.05) is 21.8 Å². The molecule has 0 fully saturated rings. The molecule has 0 amide bonds. The first-order valence-corrected chi connectivity index (χ1v) is 11.2.